The van der Waals surface area contributed by atoms with Gasteiger partial charge in [0.2, 0.25) is 5.91 Å². The number of nitrogens with zero attached hydrogens (tertiary/aromatic N) is 4. The van der Waals surface area contributed by atoms with Gasteiger partial charge in [-0.05, 0) is 6.07 Å². The fourth-order valence-electron chi connectivity index (χ4n) is 1.45. The molecule has 0 aromatic heterocycles. The molecule has 1 saturated heterocycles. The van der Waals surface area contributed by atoms with Crippen molar-refractivity contribution in [3.63, 3.8) is 0 Å². The number of rotatable bonds is 4. The first kappa shape index (κ1) is 14.6. The summed E-state index contributed by atoms with van der Waals surface area (Å²) in [6.07, 6.45) is 1.20. The van der Waals surface area contributed by atoms with Crippen molar-refractivity contribution < 1.29 is 14.6 Å². The fraction of sp³-hybridized carbons (Fsp3) is 0.100. The molecule has 1 aromatic carbocycles. The summed E-state index contributed by atoms with van der Waals surface area (Å²) in [5.41, 5.74) is -0.937. The number of amidine groups is 1. The molecule has 1 aliphatic rings. The predicted molar refractivity (Wildman–Crippen MR) is 75.4 cm³/mol. The third-order valence-corrected chi connectivity index (χ3v) is 3.20. The number of hydrogen-bond acceptors (Lipinski definition) is 8. The first-order chi connectivity index (χ1) is 9.97. The van der Waals surface area contributed by atoms with E-state index in [0.717, 1.165) is 12.1 Å². The van der Waals surface area contributed by atoms with Gasteiger partial charge in [0.25, 0.3) is 0 Å². The molecule has 0 bridgehead atoms. The number of amides is 1. The lowest BCUT2D eigenvalue weighted by Gasteiger charge is -1.96. The molecule has 0 radical (unpaired) electrons. The van der Waals surface area contributed by atoms with E-state index in [-0.39, 0.29) is 17.2 Å². The van der Waals surface area contributed by atoms with Crippen molar-refractivity contribution in [3.05, 3.63) is 44.0 Å². The fourth-order valence-corrected chi connectivity index (χ4v) is 2.08. The number of nitro benzene ring substituents is 2. The topological polar surface area (TPSA) is 140 Å². The summed E-state index contributed by atoms with van der Waals surface area (Å²) in [6, 6.07) is 3.37. The highest BCUT2D eigenvalue weighted by Crippen LogP contribution is 2.26. The molecule has 11 heteroatoms. The van der Waals surface area contributed by atoms with E-state index in [2.05, 4.69) is 15.5 Å². The summed E-state index contributed by atoms with van der Waals surface area (Å²) in [5, 5.41) is 31.6. The molecule has 108 valence electrons. The molecule has 2 rings (SSSR count). The van der Waals surface area contributed by atoms with Gasteiger partial charge >= 0.3 is 11.4 Å². The second-order valence-electron chi connectivity index (χ2n) is 3.75. The van der Waals surface area contributed by atoms with Crippen LogP contribution in [-0.2, 0) is 4.79 Å². The minimum Gasteiger partial charge on any atom is -0.303 e. The van der Waals surface area contributed by atoms with Gasteiger partial charge < -0.3 is 5.32 Å². The van der Waals surface area contributed by atoms with Gasteiger partial charge in [0.15, 0.2) is 5.17 Å². The summed E-state index contributed by atoms with van der Waals surface area (Å²) >= 11 is 1.18. The van der Waals surface area contributed by atoms with Crippen LogP contribution in [0.3, 0.4) is 0 Å². The number of carbonyl (C=O) groups is 1. The molecule has 1 fully saturated rings. The molecular weight excluding hydrogens is 302 g/mol. The average Bonchev–Trinajstić information content (AvgIpc) is 2.84. The molecule has 0 atom stereocenters. The zero-order chi connectivity index (χ0) is 15.4. The van der Waals surface area contributed by atoms with E-state index in [1.165, 1.54) is 24.0 Å². The molecule has 0 saturated carbocycles. The second kappa shape index (κ2) is 6.09. The van der Waals surface area contributed by atoms with Crippen molar-refractivity contribution in [2.75, 3.05) is 5.75 Å². The maximum Gasteiger partial charge on any atom is 0.346 e. The highest BCUT2D eigenvalue weighted by atomic mass is 32.2. The number of benzene rings is 1. The molecule has 10 nitrogen and oxygen atoms in total. The van der Waals surface area contributed by atoms with E-state index >= 15 is 0 Å². The van der Waals surface area contributed by atoms with Gasteiger partial charge in [-0.25, -0.2) is 0 Å². The minimum absolute atomic E-state index is 0.181. The summed E-state index contributed by atoms with van der Waals surface area (Å²) in [6.45, 7) is 0. The molecule has 0 spiro atoms. The first-order valence-electron chi connectivity index (χ1n) is 5.44. The minimum atomic E-state index is -0.839. The molecule has 1 heterocycles. The monoisotopic (exact) mass is 309 g/mol. The van der Waals surface area contributed by atoms with E-state index in [1.54, 1.807) is 0 Å². The molecule has 21 heavy (non-hydrogen) atoms. The summed E-state index contributed by atoms with van der Waals surface area (Å²) in [7, 11) is 0. The summed E-state index contributed by atoms with van der Waals surface area (Å²) < 4.78 is 0. The Balaban J connectivity index is 2.21. The zero-order valence-electron chi connectivity index (χ0n) is 10.3. The Labute approximate surface area is 121 Å². The predicted octanol–water partition coefficient (Wildman–Crippen LogP) is 1.06. The Bertz CT molecular complexity index is 686. The Hall–Kier alpha value is -2.82. The van der Waals surface area contributed by atoms with Gasteiger partial charge in [-0.2, -0.15) is 5.10 Å². The van der Waals surface area contributed by atoms with Crippen LogP contribution < -0.4 is 5.32 Å². The van der Waals surface area contributed by atoms with E-state index in [4.69, 9.17) is 0 Å². The lowest BCUT2D eigenvalue weighted by molar-refractivity contribution is -0.422. The lowest BCUT2D eigenvalue weighted by atomic mass is 10.2. The van der Waals surface area contributed by atoms with Crippen molar-refractivity contribution in [1.82, 2.24) is 5.32 Å². The Morgan fingerprint density at radius 2 is 1.95 bits per heavy atom. The molecule has 1 amide bonds. The molecule has 1 aromatic rings. The molecule has 1 N–H and O–H groups in total. The van der Waals surface area contributed by atoms with Crippen LogP contribution in [0.2, 0.25) is 0 Å². The molecule has 0 unspecified atom stereocenters. The van der Waals surface area contributed by atoms with Gasteiger partial charge in [-0.15, -0.1) is 5.10 Å². The Kier molecular flexibility index (Phi) is 4.23. The van der Waals surface area contributed by atoms with Gasteiger partial charge in [0.05, 0.1) is 21.8 Å². The average molecular weight is 309 g/mol. The summed E-state index contributed by atoms with van der Waals surface area (Å²) in [4.78, 5) is 30.7. The highest BCUT2D eigenvalue weighted by molar-refractivity contribution is 8.15. The van der Waals surface area contributed by atoms with Crippen LogP contribution in [0.1, 0.15) is 5.56 Å². The van der Waals surface area contributed by atoms with Gasteiger partial charge in [-0.1, -0.05) is 11.8 Å². The lowest BCUT2D eigenvalue weighted by Crippen LogP contribution is -2.19. The number of nitrogens with one attached hydrogen (secondary N) is 1. The normalized spacial score (nSPS) is 16.4. The quantitative estimate of drug-likeness (QED) is 0.501. The standard InChI is InChI=1S/C10H7N5O5S/c16-9-5-21-10(12-9)13-11-4-6-1-2-7(14(17)18)8(3-6)15(19)20/h1-4H,5H2,(H,12,13,16). The van der Waals surface area contributed by atoms with E-state index in [9.17, 15) is 25.0 Å². The van der Waals surface area contributed by atoms with Crippen LogP contribution in [0.15, 0.2) is 28.4 Å². The smallest absolute Gasteiger partial charge is 0.303 e. The summed E-state index contributed by atoms with van der Waals surface area (Å²) in [5.74, 6) is 0.0806. The van der Waals surface area contributed by atoms with Crippen molar-refractivity contribution in [2.24, 2.45) is 10.2 Å². The molecule has 0 aliphatic carbocycles. The van der Waals surface area contributed by atoms with Crippen molar-refractivity contribution in [1.29, 1.82) is 0 Å². The maximum atomic E-state index is 10.9. The van der Waals surface area contributed by atoms with Crippen LogP contribution in [0, 0.1) is 20.2 Å². The maximum absolute atomic E-state index is 10.9. The van der Waals surface area contributed by atoms with Crippen LogP contribution in [0.5, 0.6) is 0 Å². The van der Waals surface area contributed by atoms with Crippen LogP contribution in [0.25, 0.3) is 0 Å². The largest absolute Gasteiger partial charge is 0.346 e. The van der Waals surface area contributed by atoms with Gasteiger partial charge in [-0.3, -0.25) is 25.0 Å². The van der Waals surface area contributed by atoms with Gasteiger partial charge in [0, 0.05) is 17.7 Å². The van der Waals surface area contributed by atoms with E-state index in [1.807, 2.05) is 0 Å². The van der Waals surface area contributed by atoms with Crippen LogP contribution in [0.4, 0.5) is 11.4 Å². The number of thioether (sulfide) groups is 1. The van der Waals surface area contributed by atoms with Crippen molar-refractivity contribution in [2.45, 2.75) is 0 Å². The number of nitro groups is 2. The SMILES string of the molecule is O=C1CSC(=NN=Cc2ccc([N+](=O)[O-])c([N+](=O)[O-])c2)N1. The third kappa shape index (κ3) is 3.60. The highest BCUT2D eigenvalue weighted by Gasteiger charge is 2.23. The third-order valence-electron chi connectivity index (χ3n) is 2.33. The van der Waals surface area contributed by atoms with Crippen LogP contribution in [-0.4, -0.2) is 32.9 Å². The molecular formula is C10H7N5O5S. The Morgan fingerprint density at radius 3 is 2.52 bits per heavy atom. The zero-order valence-corrected chi connectivity index (χ0v) is 11.1. The van der Waals surface area contributed by atoms with E-state index < -0.39 is 21.2 Å². The van der Waals surface area contributed by atoms with Crippen LogP contribution >= 0.6 is 11.8 Å². The van der Waals surface area contributed by atoms with Crippen molar-refractivity contribution >= 4 is 40.4 Å². The second-order valence-corrected chi connectivity index (χ2v) is 4.71. The first-order valence-corrected chi connectivity index (χ1v) is 6.42. The van der Waals surface area contributed by atoms with Gasteiger partial charge in [0.1, 0.15) is 0 Å². The molecule has 1 aliphatic heterocycles. The number of carbonyl (C=O) groups excluding carboxylic acids is 1. The number of hydrogen-bond donors (Lipinski definition) is 1. The van der Waals surface area contributed by atoms with E-state index in [0.29, 0.717) is 5.17 Å². The Morgan fingerprint density at radius 1 is 1.24 bits per heavy atom. The van der Waals surface area contributed by atoms with Crippen molar-refractivity contribution in [3.8, 4) is 0 Å².